The highest BCUT2D eigenvalue weighted by Gasteiger charge is 2.32. The number of benzene rings is 1. The molecule has 2 aliphatic rings. The van der Waals surface area contributed by atoms with Crippen LogP contribution in [0.5, 0.6) is 11.5 Å². The molecule has 1 heterocycles. The molecular weight excluding hydrogens is 479 g/mol. The van der Waals surface area contributed by atoms with Crippen LogP contribution in [-0.4, -0.2) is 31.4 Å². The van der Waals surface area contributed by atoms with E-state index in [0.717, 1.165) is 27.7 Å². The van der Waals surface area contributed by atoms with E-state index in [0.29, 0.717) is 22.1 Å². The summed E-state index contributed by atoms with van der Waals surface area (Å²) in [5.74, 6) is 1.00. The highest BCUT2D eigenvalue weighted by atomic mass is 127. The second kappa shape index (κ2) is 8.64. The monoisotopic (exact) mass is 502 g/mol. The molecule has 8 heteroatoms. The van der Waals surface area contributed by atoms with Crippen LogP contribution in [0.15, 0.2) is 23.4 Å². The quantitative estimate of drug-likeness (QED) is 0.363. The van der Waals surface area contributed by atoms with Crippen LogP contribution in [0.3, 0.4) is 0 Å². The van der Waals surface area contributed by atoms with Crippen molar-refractivity contribution in [3.8, 4) is 11.5 Å². The fraction of sp³-hybridized carbons (Fsp3) is 0.474. The lowest BCUT2D eigenvalue weighted by atomic mass is 9.95. The van der Waals surface area contributed by atoms with Crippen LogP contribution >= 0.6 is 34.8 Å². The lowest BCUT2D eigenvalue weighted by Crippen LogP contribution is -2.45. The number of carbonyl (C=O) groups excluding carboxylic acids is 1. The SMILES string of the molecule is COC(=O)C1=C(C)NC(=S)NC1c1cc(I)c(OC2CCCC2)c(OC)c1. The molecule has 0 aromatic heterocycles. The molecular formula is C19H23IN2O4S. The van der Waals surface area contributed by atoms with Crippen LogP contribution in [0.4, 0.5) is 0 Å². The van der Waals surface area contributed by atoms with Gasteiger partial charge >= 0.3 is 5.97 Å². The molecule has 1 aromatic rings. The molecule has 1 atom stereocenters. The second-order valence-corrected chi connectivity index (χ2v) is 8.19. The molecule has 6 nitrogen and oxygen atoms in total. The third kappa shape index (κ3) is 4.31. The Morgan fingerprint density at radius 2 is 1.96 bits per heavy atom. The molecule has 0 radical (unpaired) electrons. The average Bonchev–Trinajstić information content (AvgIpc) is 3.15. The maximum atomic E-state index is 12.3. The van der Waals surface area contributed by atoms with Crippen LogP contribution < -0.4 is 20.1 Å². The fourth-order valence-corrected chi connectivity index (χ4v) is 4.54. The van der Waals surface area contributed by atoms with Crippen LogP contribution in [0.25, 0.3) is 0 Å². The Hall–Kier alpha value is -1.55. The number of rotatable bonds is 5. The Labute approximate surface area is 178 Å². The minimum Gasteiger partial charge on any atom is -0.493 e. The van der Waals surface area contributed by atoms with E-state index in [1.165, 1.54) is 20.0 Å². The predicted molar refractivity (Wildman–Crippen MR) is 115 cm³/mol. The van der Waals surface area contributed by atoms with Crippen molar-refractivity contribution >= 4 is 45.9 Å². The summed E-state index contributed by atoms with van der Waals surface area (Å²) in [5.41, 5.74) is 2.03. The number of halogens is 1. The Morgan fingerprint density at radius 1 is 1.26 bits per heavy atom. The third-order valence-corrected chi connectivity index (χ3v) is 5.87. The van der Waals surface area contributed by atoms with Crippen molar-refractivity contribution in [3.05, 3.63) is 32.5 Å². The van der Waals surface area contributed by atoms with Gasteiger partial charge in [0.1, 0.15) is 0 Å². The molecule has 1 aliphatic heterocycles. The Bertz CT molecular complexity index is 790. The van der Waals surface area contributed by atoms with Crippen molar-refractivity contribution < 1.29 is 19.0 Å². The topological polar surface area (TPSA) is 68.8 Å². The summed E-state index contributed by atoms with van der Waals surface area (Å²) in [5, 5.41) is 6.61. The van der Waals surface area contributed by atoms with Gasteiger partial charge in [0.05, 0.1) is 35.5 Å². The molecule has 1 aromatic carbocycles. The zero-order valence-electron chi connectivity index (χ0n) is 15.6. The smallest absolute Gasteiger partial charge is 0.337 e. The summed E-state index contributed by atoms with van der Waals surface area (Å²) in [7, 11) is 3.00. The van der Waals surface area contributed by atoms with E-state index in [4.69, 9.17) is 26.4 Å². The molecule has 0 amide bonds. The molecule has 1 fully saturated rings. The number of allylic oxidation sites excluding steroid dienone is 1. The minimum atomic E-state index is -0.422. The van der Waals surface area contributed by atoms with Gasteiger partial charge in [0, 0.05) is 5.70 Å². The van der Waals surface area contributed by atoms with Gasteiger partial charge in [-0.2, -0.15) is 0 Å². The Morgan fingerprint density at radius 3 is 2.59 bits per heavy atom. The van der Waals surface area contributed by atoms with Gasteiger partial charge in [0.2, 0.25) is 0 Å². The van der Waals surface area contributed by atoms with E-state index < -0.39 is 12.0 Å². The number of ether oxygens (including phenoxy) is 3. The Balaban J connectivity index is 2.00. The van der Waals surface area contributed by atoms with Crippen molar-refractivity contribution in [1.82, 2.24) is 10.6 Å². The van der Waals surface area contributed by atoms with Crippen LogP contribution in [0, 0.1) is 3.57 Å². The minimum absolute atomic E-state index is 0.232. The summed E-state index contributed by atoms with van der Waals surface area (Å²) in [6.07, 6.45) is 4.77. The molecule has 146 valence electrons. The molecule has 27 heavy (non-hydrogen) atoms. The molecule has 2 N–H and O–H groups in total. The highest BCUT2D eigenvalue weighted by Crippen LogP contribution is 2.40. The lowest BCUT2D eigenvalue weighted by Gasteiger charge is -2.30. The summed E-state index contributed by atoms with van der Waals surface area (Å²) in [6, 6.07) is 3.47. The number of esters is 1. The molecule has 0 saturated heterocycles. The first kappa shape index (κ1) is 20.2. The molecule has 0 bridgehead atoms. The zero-order valence-corrected chi connectivity index (χ0v) is 18.5. The van der Waals surface area contributed by atoms with Gasteiger partial charge in [0.15, 0.2) is 16.6 Å². The summed E-state index contributed by atoms with van der Waals surface area (Å²) >= 11 is 7.53. The van der Waals surface area contributed by atoms with Gasteiger partial charge < -0.3 is 24.8 Å². The number of methoxy groups -OCH3 is 2. The summed E-state index contributed by atoms with van der Waals surface area (Å²) in [4.78, 5) is 12.3. The van der Waals surface area contributed by atoms with E-state index >= 15 is 0 Å². The van der Waals surface area contributed by atoms with Gasteiger partial charge in [-0.3, -0.25) is 0 Å². The maximum Gasteiger partial charge on any atom is 0.337 e. The first-order valence-electron chi connectivity index (χ1n) is 8.85. The van der Waals surface area contributed by atoms with Gasteiger partial charge in [-0.05, 0) is 85.1 Å². The largest absolute Gasteiger partial charge is 0.493 e. The molecule has 1 unspecified atom stereocenters. The highest BCUT2D eigenvalue weighted by molar-refractivity contribution is 14.1. The van der Waals surface area contributed by atoms with Gasteiger partial charge in [-0.1, -0.05) is 0 Å². The normalized spacial score (nSPS) is 20.1. The molecule has 1 aliphatic carbocycles. The van der Waals surface area contributed by atoms with E-state index in [-0.39, 0.29) is 6.10 Å². The standard InChI is InChI=1S/C19H23IN2O4S/c1-10-15(18(23)25-3)16(22-19(27)21-10)11-8-13(20)17(14(9-11)24-2)26-12-6-4-5-7-12/h8-9,12,16H,4-7H2,1-3H3,(H2,21,22,27). The number of hydrogen-bond acceptors (Lipinski definition) is 5. The van der Waals surface area contributed by atoms with Gasteiger partial charge in [0.25, 0.3) is 0 Å². The van der Waals surface area contributed by atoms with E-state index in [1.807, 2.05) is 19.1 Å². The summed E-state index contributed by atoms with van der Waals surface area (Å²) in [6.45, 7) is 1.81. The predicted octanol–water partition coefficient (Wildman–Crippen LogP) is 3.59. The van der Waals surface area contributed by atoms with Crippen molar-refractivity contribution in [2.75, 3.05) is 14.2 Å². The van der Waals surface area contributed by atoms with Crippen molar-refractivity contribution in [2.45, 2.75) is 44.8 Å². The Kier molecular flexibility index (Phi) is 6.46. The lowest BCUT2D eigenvalue weighted by molar-refractivity contribution is -0.136. The number of nitrogens with one attached hydrogen (secondary N) is 2. The zero-order chi connectivity index (χ0) is 19.6. The molecule has 0 spiro atoms. The van der Waals surface area contributed by atoms with Crippen molar-refractivity contribution in [3.63, 3.8) is 0 Å². The summed E-state index contributed by atoms with van der Waals surface area (Å²) < 4.78 is 17.7. The van der Waals surface area contributed by atoms with Crippen molar-refractivity contribution in [1.29, 1.82) is 0 Å². The van der Waals surface area contributed by atoms with Gasteiger partial charge in [-0.25, -0.2) is 4.79 Å². The number of hydrogen-bond donors (Lipinski definition) is 2. The first-order chi connectivity index (χ1) is 12.9. The molecule has 3 rings (SSSR count). The third-order valence-electron chi connectivity index (χ3n) is 4.85. The number of thiocarbonyl (C=S) groups is 1. The first-order valence-corrected chi connectivity index (χ1v) is 10.3. The van der Waals surface area contributed by atoms with Crippen LogP contribution in [0.1, 0.15) is 44.2 Å². The number of carbonyl (C=O) groups is 1. The molecule has 1 saturated carbocycles. The van der Waals surface area contributed by atoms with E-state index in [1.54, 1.807) is 7.11 Å². The fourth-order valence-electron chi connectivity index (χ4n) is 3.52. The van der Waals surface area contributed by atoms with Gasteiger partial charge in [-0.15, -0.1) is 0 Å². The van der Waals surface area contributed by atoms with E-state index in [2.05, 4.69) is 33.2 Å². The van der Waals surface area contributed by atoms with Crippen molar-refractivity contribution in [2.24, 2.45) is 0 Å². The van der Waals surface area contributed by atoms with E-state index in [9.17, 15) is 4.79 Å². The average molecular weight is 502 g/mol. The van der Waals surface area contributed by atoms with Crippen LogP contribution in [0.2, 0.25) is 0 Å². The maximum absolute atomic E-state index is 12.3. The van der Waals surface area contributed by atoms with Crippen LogP contribution in [-0.2, 0) is 9.53 Å². The second-order valence-electron chi connectivity index (χ2n) is 6.62.